The van der Waals surface area contributed by atoms with Crippen molar-refractivity contribution >= 4 is 39.5 Å². The van der Waals surface area contributed by atoms with Gasteiger partial charge in [0.25, 0.3) is 0 Å². The molecule has 0 aliphatic rings. The topological polar surface area (TPSA) is 237 Å². The Bertz CT molecular complexity index is 1770. The van der Waals surface area contributed by atoms with Crippen molar-refractivity contribution in [2.45, 2.75) is 400 Å². The molecule has 2 unspecified atom stereocenters. The summed E-state index contributed by atoms with van der Waals surface area (Å²) in [6, 6.07) is 0. The molecule has 17 nitrogen and oxygen atoms in total. The fraction of sp³-hybridized carbons (Fsp3) is 0.945. The molecule has 19 heteroatoms. The van der Waals surface area contributed by atoms with Crippen LogP contribution in [0.2, 0.25) is 0 Å². The van der Waals surface area contributed by atoms with E-state index in [1.165, 1.54) is 205 Å². The van der Waals surface area contributed by atoms with Crippen LogP contribution in [0.3, 0.4) is 0 Å². The number of hydrogen-bond donors (Lipinski definition) is 3. The number of carbonyl (C=O) groups is 4. The molecule has 0 fully saturated rings. The highest BCUT2D eigenvalue weighted by Gasteiger charge is 2.30. The maximum atomic E-state index is 13.1. The first-order valence-electron chi connectivity index (χ1n) is 38.1. The van der Waals surface area contributed by atoms with E-state index < -0.39 is 97.5 Å². The van der Waals surface area contributed by atoms with Crippen LogP contribution in [0.25, 0.3) is 0 Å². The minimum absolute atomic E-state index is 0.106. The Morgan fingerprint density at radius 1 is 0.293 bits per heavy atom. The van der Waals surface area contributed by atoms with E-state index in [0.29, 0.717) is 25.7 Å². The fourth-order valence-corrected chi connectivity index (χ4v) is 12.8. The summed E-state index contributed by atoms with van der Waals surface area (Å²) in [6.07, 6.45) is 54.1. The molecule has 5 atom stereocenters. The lowest BCUT2D eigenvalue weighted by molar-refractivity contribution is -0.161. The average Bonchev–Trinajstić information content (AvgIpc) is 3.56. The van der Waals surface area contributed by atoms with Crippen molar-refractivity contribution in [3.05, 3.63) is 0 Å². The first-order valence-corrected chi connectivity index (χ1v) is 41.1. The van der Waals surface area contributed by atoms with Gasteiger partial charge in [0.2, 0.25) is 0 Å². The number of unbranched alkanes of at least 4 members (excludes halogenated alkanes) is 45. The van der Waals surface area contributed by atoms with Gasteiger partial charge in [-0.2, -0.15) is 0 Å². The van der Waals surface area contributed by atoms with Gasteiger partial charge < -0.3 is 33.8 Å². The zero-order chi connectivity index (χ0) is 67.7. The van der Waals surface area contributed by atoms with E-state index in [4.69, 9.17) is 37.0 Å². The number of phosphoric acid groups is 2. The lowest BCUT2D eigenvalue weighted by atomic mass is 10.0. The molecule has 0 spiro atoms. The Hall–Kier alpha value is -1.94. The van der Waals surface area contributed by atoms with Gasteiger partial charge in [0.1, 0.15) is 19.3 Å². The molecule has 0 amide bonds. The zero-order valence-corrected chi connectivity index (χ0v) is 61.5. The third-order valence-corrected chi connectivity index (χ3v) is 18.9. The largest absolute Gasteiger partial charge is 0.472 e. The summed E-state index contributed by atoms with van der Waals surface area (Å²) in [4.78, 5) is 72.6. The molecule has 546 valence electrons. The van der Waals surface area contributed by atoms with E-state index >= 15 is 0 Å². The van der Waals surface area contributed by atoms with Crippen molar-refractivity contribution in [1.82, 2.24) is 0 Å². The molecular formula is C73H142O17P2. The van der Waals surface area contributed by atoms with E-state index in [1.807, 2.05) is 0 Å². The molecule has 0 aliphatic carbocycles. The molecule has 0 aromatic carbocycles. The number of rotatable bonds is 73. The number of hydrogen-bond acceptors (Lipinski definition) is 15. The first-order chi connectivity index (χ1) is 44.5. The van der Waals surface area contributed by atoms with Crippen LogP contribution in [0.1, 0.15) is 381 Å². The molecule has 0 rings (SSSR count). The van der Waals surface area contributed by atoms with Crippen molar-refractivity contribution in [3.63, 3.8) is 0 Å². The quantitative estimate of drug-likeness (QED) is 0.0222. The standard InChI is InChI=1S/C73H142O17P2/c1-6-9-12-15-18-21-23-25-26-27-28-29-31-33-38-43-48-53-58-72(77)89-69(63-84-71(76)57-52-47-42-37-32-30-24-22-19-16-13-10-7-2)65-88-92(81,82)86-61-67(74)60-85-91(79,80)87-64-68(62-83-70(75)56-51-46-41-35-20-17-14-11-8-3)90-73(78)59-54-49-44-39-34-36-40-45-50-55-66(4)5/h66-69,74H,6-65H2,1-5H3,(H,79,80)(H,81,82)/t67-,68+,69+/m0/s1. The Kier molecular flexibility index (Phi) is 64.9. The zero-order valence-electron chi connectivity index (χ0n) is 59.7. The van der Waals surface area contributed by atoms with Gasteiger partial charge in [0, 0.05) is 25.7 Å². The summed E-state index contributed by atoms with van der Waals surface area (Å²) in [6.45, 7) is 7.23. The monoisotopic (exact) mass is 1350 g/mol. The van der Waals surface area contributed by atoms with E-state index in [2.05, 4.69) is 34.6 Å². The van der Waals surface area contributed by atoms with Crippen LogP contribution < -0.4 is 0 Å². The Morgan fingerprint density at radius 3 is 0.739 bits per heavy atom. The summed E-state index contributed by atoms with van der Waals surface area (Å²) in [5.41, 5.74) is 0. The highest BCUT2D eigenvalue weighted by Crippen LogP contribution is 2.45. The summed E-state index contributed by atoms with van der Waals surface area (Å²) in [7, 11) is -9.90. The summed E-state index contributed by atoms with van der Waals surface area (Å²) in [5, 5.41) is 10.6. The van der Waals surface area contributed by atoms with E-state index in [9.17, 15) is 43.2 Å². The average molecular weight is 1350 g/mol. The second-order valence-electron chi connectivity index (χ2n) is 26.8. The number of esters is 4. The Balaban J connectivity index is 5.22. The van der Waals surface area contributed by atoms with Crippen LogP contribution in [0.4, 0.5) is 0 Å². The summed E-state index contributed by atoms with van der Waals surface area (Å²) < 4.78 is 68.4. The van der Waals surface area contributed by atoms with Gasteiger partial charge in [-0.3, -0.25) is 37.3 Å². The Labute approximate surface area is 562 Å². The van der Waals surface area contributed by atoms with Crippen LogP contribution >= 0.6 is 15.6 Å². The lowest BCUT2D eigenvalue weighted by Gasteiger charge is -2.21. The third-order valence-electron chi connectivity index (χ3n) is 17.0. The molecule has 0 saturated carbocycles. The summed E-state index contributed by atoms with van der Waals surface area (Å²) >= 11 is 0. The minimum Gasteiger partial charge on any atom is -0.462 e. The van der Waals surface area contributed by atoms with Gasteiger partial charge in [-0.25, -0.2) is 9.13 Å². The molecule has 0 aromatic heterocycles. The highest BCUT2D eigenvalue weighted by atomic mass is 31.2. The van der Waals surface area contributed by atoms with Gasteiger partial charge in [-0.15, -0.1) is 0 Å². The number of phosphoric ester groups is 2. The van der Waals surface area contributed by atoms with Crippen LogP contribution in [0.15, 0.2) is 0 Å². The Morgan fingerprint density at radius 2 is 0.500 bits per heavy atom. The van der Waals surface area contributed by atoms with Crippen molar-refractivity contribution in [3.8, 4) is 0 Å². The third kappa shape index (κ3) is 66.7. The maximum Gasteiger partial charge on any atom is 0.472 e. The molecule has 0 heterocycles. The minimum atomic E-state index is -4.95. The molecule has 0 bridgehead atoms. The SMILES string of the molecule is CCCCCCCCCCCCCCCCCCCCC(=O)O[C@H](COC(=O)CCCCCCCCCCCCCCC)COP(=O)(O)OC[C@@H](O)COP(=O)(O)OC[C@@H](COC(=O)CCCCCCCCCCC)OC(=O)CCCCCCCCCCCC(C)C. The first kappa shape index (κ1) is 90.1. The van der Waals surface area contributed by atoms with E-state index in [-0.39, 0.29) is 25.7 Å². The second-order valence-corrected chi connectivity index (χ2v) is 29.7. The predicted molar refractivity (Wildman–Crippen MR) is 372 cm³/mol. The van der Waals surface area contributed by atoms with Crippen molar-refractivity contribution in [2.24, 2.45) is 5.92 Å². The number of aliphatic hydroxyl groups excluding tert-OH is 1. The molecular weight excluding hydrogens is 1210 g/mol. The van der Waals surface area contributed by atoms with Gasteiger partial charge in [0.05, 0.1) is 26.4 Å². The van der Waals surface area contributed by atoms with Gasteiger partial charge in [-0.05, 0) is 31.6 Å². The molecule has 3 N–H and O–H groups in total. The molecule has 0 aliphatic heterocycles. The molecule has 0 aromatic rings. The lowest BCUT2D eigenvalue weighted by Crippen LogP contribution is -2.30. The number of carbonyl (C=O) groups excluding carboxylic acids is 4. The van der Waals surface area contributed by atoms with Crippen molar-refractivity contribution in [1.29, 1.82) is 0 Å². The number of ether oxygens (including phenoxy) is 4. The molecule has 0 saturated heterocycles. The fourth-order valence-electron chi connectivity index (χ4n) is 11.2. The van der Waals surface area contributed by atoms with Crippen LogP contribution in [-0.2, 0) is 65.4 Å². The van der Waals surface area contributed by atoms with Crippen molar-refractivity contribution in [2.75, 3.05) is 39.6 Å². The van der Waals surface area contributed by atoms with Gasteiger partial charge in [-0.1, -0.05) is 330 Å². The molecule has 0 radical (unpaired) electrons. The van der Waals surface area contributed by atoms with Crippen molar-refractivity contribution < 1.29 is 80.2 Å². The number of aliphatic hydroxyl groups is 1. The normalized spacial score (nSPS) is 14.0. The van der Waals surface area contributed by atoms with E-state index in [0.717, 1.165) is 95.8 Å². The predicted octanol–water partition coefficient (Wildman–Crippen LogP) is 21.3. The van der Waals surface area contributed by atoms with Gasteiger partial charge >= 0.3 is 39.5 Å². The smallest absolute Gasteiger partial charge is 0.462 e. The van der Waals surface area contributed by atoms with Gasteiger partial charge in [0.15, 0.2) is 12.2 Å². The van der Waals surface area contributed by atoms with Crippen LogP contribution in [0.5, 0.6) is 0 Å². The second kappa shape index (κ2) is 66.3. The highest BCUT2D eigenvalue weighted by molar-refractivity contribution is 7.47. The summed E-state index contributed by atoms with van der Waals surface area (Å²) in [5.74, 6) is -1.38. The molecule has 92 heavy (non-hydrogen) atoms. The van der Waals surface area contributed by atoms with Crippen LogP contribution in [-0.4, -0.2) is 96.7 Å². The maximum absolute atomic E-state index is 13.1. The van der Waals surface area contributed by atoms with Crippen LogP contribution in [0, 0.1) is 5.92 Å². The van der Waals surface area contributed by atoms with E-state index in [1.54, 1.807) is 0 Å².